The van der Waals surface area contributed by atoms with Crippen molar-refractivity contribution in [3.63, 3.8) is 0 Å². The SMILES string of the molecule is CCCn1c(=O)c2[nH]c(-c3cnn(Cc4ccc(OCCOC)cc4)c3)nc2n2ccnc12. The van der Waals surface area contributed by atoms with E-state index in [9.17, 15) is 4.79 Å². The third kappa shape index (κ3) is 4.00. The minimum atomic E-state index is -0.121. The predicted octanol–water partition coefficient (Wildman–Crippen LogP) is 2.72. The van der Waals surface area contributed by atoms with E-state index in [4.69, 9.17) is 9.47 Å². The molecule has 0 atom stereocenters. The molecule has 10 heteroatoms. The number of hydrogen-bond acceptors (Lipinski definition) is 6. The highest BCUT2D eigenvalue weighted by Crippen LogP contribution is 2.20. The maximum atomic E-state index is 13.0. The molecular formula is C23H25N7O3. The van der Waals surface area contributed by atoms with Gasteiger partial charge in [0.1, 0.15) is 18.2 Å². The zero-order chi connectivity index (χ0) is 22.8. The minimum absolute atomic E-state index is 0.121. The van der Waals surface area contributed by atoms with Gasteiger partial charge >= 0.3 is 0 Å². The molecule has 0 radical (unpaired) electrons. The number of aromatic amines is 1. The summed E-state index contributed by atoms with van der Waals surface area (Å²) < 4.78 is 16.0. The lowest BCUT2D eigenvalue weighted by atomic mass is 10.2. The number of imidazole rings is 2. The number of hydrogen-bond donors (Lipinski definition) is 1. The molecule has 4 aromatic heterocycles. The van der Waals surface area contributed by atoms with Gasteiger partial charge < -0.3 is 14.5 Å². The molecule has 0 saturated carbocycles. The van der Waals surface area contributed by atoms with Gasteiger partial charge in [0.15, 0.2) is 11.2 Å². The maximum absolute atomic E-state index is 13.0. The molecule has 10 nitrogen and oxygen atoms in total. The van der Waals surface area contributed by atoms with Crippen LogP contribution in [0.4, 0.5) is 0 Å². The van der Waals surface area contributed by atoms with Gasteiger partial charge in [-0.2, -0.15) is 5.10 Å². The van der Waals surface area contributed by atoms with Crippen LogP contribution in [0.25, 0.3) is 28.3 Å². The molecule has 0 aliphatic carbocycles. The van der Waals surface area contributed by atoms with Gasteiger partial charge in [-0.15, -0.1) is 0 Å². The number of aromatic nitrogens is 7. The van der Waals surface area contributed by atoms with Crippen LogP contribution in [0.3, 0.4) is 0 Å². The quantitative estimate of drug-likeness (QED) is 0.349. The summed E-state index contributed by atoms with van der Waals surface area (Å²) >= 11 is 0. The molecule has 0 bridgehead atoms. The summed E-state index contributed by atoms with van der Waals surface area (Å²) in [5.41, 5.74) is 2.80. The van der Waals surface area contributed by atoms with Gasteiger partial charge in [0.05, 0.1) is 24.9 Å². The molecule has 0 aliphatic heterocycles. The Bertz CT molecular complexity index is 1440. The van der Waals surface area contributed by atoms with E-state index in [1.807, 2.05) is 52.7 Å². The van der Waals surface area contributed by atoms with Crippen LogP contribution in [0, 0.1) is 0 Å². The number of H-pyrrole nitrogens is 1. The fourth-order valence-corrected chi connectivity index (χ4v) is 3.83. The second kappa shape index (κ2) is 8.91. The summed E-state index contributed by atoms with van der Waals surface area (Å²) in [4.78, 5) is 25.3. The number of aryl methyl sites for hydroxylation is 1. The fourth-order valence-electron chi connectivity index (χ4n) is 3.83. The number of ether oxygens (including phenoxy) is 2. The zero-order valence-electron chi connectivity index (χ0n) is 18.6. The van der Waals surface area contributed by atoms with Crippen molar-refractivity contribution in [3.8, 4) is 17.1 Å². The Morgan fingerprint density at radius 2 is 2.00 bits per heavy atom. The Balaban J connectivity index is 1.40. The number of methoxy groups -OCH3 is 1. The summed E-state index contributed by atoms with van der Waals surface area (Å²) in [5, 5.41) is 4.47. The van der Waals surface area contributed by atoms with E-state index in [1.54, 1.807) is 24.1 Å². The lowest BCUT2D eigenvalue weighted by Gasteiger charge is -2.07. The van der Waals surface area contributed by atoms with Crippen molar-refractivity contribution in [2.45, 2.75) is 26.4 Å². The van der Waals surface area contributed by atoms with Crippen LogP contribution >= 0.6 is 0 Å². The van der Waals surface area contributed by atoms with Gasteiger partial charge in [-0.25, -0.2) is 9.97 Å². The zero-order valence-corrected chi connectivity index (χ0v) is 18.6. The third-order valence-corrected chi connectivity index (χ3v) is 5.41. The van der Waals surface area contributed by atoms with Crippen LogP contribution in [0.5, 0.6) is 5.75 Å². The Kier molecular flexibility index (Phi) is 5.66. The second-order valence-electron chi connectivity index (χ2n) is 7.75. The van der Waals surface area contributed by atoms with E-state index in [-0.39, 0.29) is 5.56 Å². The Morgan fingerprint density at radius 1 is 1.15 bits per heavy atom. The van der Waals surface area contributed by atoms with Gasteiger partial charge in [-0.05, 0) is 24.1 Å². The molecule has 5 aromatic rings. The largest absolute Gasteiger partial charge is 0.491 e. The van der Waals surface area contributed by atoms with Crippen molar-refractivity contribution in [2.75, 3.05) is 20.3 Å². The molecule has 170 valence electrons. The molecule has 0 amide bonds. The summed E-state index contributed by atoms with van der Waals surface area (Å²) in [7, 11) is 1.65. The summed E-state index contributed by atoms with van der Waals surface area (Å²) in [5.74, 6) is 2.00. The Morgan fingerprint density at radius 3 is 2.79 bits per heavy atom. The standard InChI is InChI=1S/C23H25N7O3/c1-3-9-30-22(31)19-21(29-10-8-24-23(29)30)27-20(26-19)17-13-25-28(15-17)14-16-4-6-18(7-5-16)33-12-11-32-2/h4-8,10,13,15H,3,9,11-12,14H2,1-2H3,(H,26,27). The van der Waals surface area contributed by atoms with Crippen molar-refractivity contribution in [1.29, 1.82) is 0 Å². The first-order valence-electron chi connectivity index (χ1n) is 10.9. The molecule has 0 saturated heterocycles. The van der Waals surface area contributed by atoms with E-state index in [2.05, 4.69) is 20.1 Å². The van der Waals surface area contributed by atoms with Crippen LogP contribution in [0.2, 0.25) is 0 Å². The highest BCUT2D eigenvalue weighted by molar-refractivity contribution is 5.77. The van der Waals surface area contributed by atoms with Crippen LogP contribution < -0.4 is 10.3 Å². The number of fused-ring (bicyclic) bond motifs is 3. The second-order valence-corrected chi connectivity index (χ2v) is 7.75. The van der Waals surface area contributed by atoms with Crippen LogP contribution in [0.1, 0.15) is 18.9 Å². The van der Waals surface area contributed by atoms with Crippen LogP contribution in [-0.4, -0.2) is 54.0 Å². The molecular weight excluding hydrogens is 422 g/mol. The third-order valence-electron chi connectivity index (χ3n) is 5.41. The number of nitrogens with one attached hydrogen (secondary N) is 1. The molecule has 4 heterocycles. The van der Waals surface area contributed by atoms with Crippen molar-refractivity contribution in [3.05, 3.63) is 65.0 Å². The lowest BCUT2D eigenvalue weighted by Crippen LogP contribution is -2.23. The van der Waals surface area contributed by atoms with Gasteiger partial charge in [-0.3, -0.25) is 18.4 Å². The van der Waals surface area contributed by atoms with Gasteiger partial charge in [-0.1, -0.05) is 19.1 Å². The van der Waals surface area contributed by atoms with Gasteiger partial charge in [0.2, 0.25) is 5.78 Å². The molecule has 0 spiro atoms. The first-order valence-corrected chi connectivity index (χ1v) is 10.9. The number of benzene rings is 1. The van der Waals surface area contributed by atoms with E-state index in [0.717, 1.165) is 23.3 Å². The van der Waals surface area contributed by atoms with E-state index >= 15 is 0 Å². The average Bonchev–Trinajstić information content (AvgIpc) is 3.57. The van der Waals surface area contributed by atoms with Crippen molar-refractivity contribution in [1.82, 2.24) is 33.7 Å². The molecule has 5 rings (SSSR count). The minimum Gasteiger partial charge on any atom is -0.491 e. The van der Waals surface area contributed by atoms with E-state index < -0.39 is 0 Å². The summed E-state index contributed by atoms with van der Waals surface area (Å²) in [6.45, 7) is 4.31. The molecule has 1 N–H and O–H groups in total. The normalized spacial score (nSPS) is 11.6. The average molecular weight is 447 g/mol. The first-order chi connectivity index (χ1) is 16.2. The highest BCUT2D eigenvalue weighted by atomic mass is 16.5. The first kappa shape index (κ1) is 21.0. The van der Waals surface area contributed by atoms with Gasteiger partial charge in [0, 0.05) is 32.2 Å². The van der Waals surface area contributed by atoms with Crippen LogP contribution in [0.15, 0.2) is 53.8 Å². The van der Waals surface area contributed by atoms with Crippen molar-refractivity contribution < 1.29 is 9.47 Å². The smallest absolute Gasteiger partial charge is 0.280 e. The van der Waals surface area contributed by atoms with Crippen molar-refractivity contribution >= 4 is 16.9 Å². The van der Waals surface area contributed by atoms with E-state index in [1.165, 1.54) is 0 Å². The summed E-state index contributed by atoms with van der Waals surface area (Å²) in [6, 6.07) is 7.89. The van der Waals surface area contributed by atoms with E-state index in [0.29, 0.717) is 49.1 Å². The van der Waals surface area contributed by atoms with Crippen LogP contribution in [-0.2, 0) is 17.8 Å². The highest BCUT2D eigenvalue weighted by Gasteiger charge is 2.17. The Labute approximate surface area is 189 Å². The number of nitrogens with zero attached hydrogens (tertiary/aromatic N) is 6. The molecule has 0 fully saturated rings. The summed E-state index contributed by atoms with van der Waals surface area (Å²) in [6.07, 6.45) is 7.99. The predicted molar refractivity (Wildman–Crippen MR) is 124 cm³/mol. The molecule has 1 aromatic carbocycles. The Hall–Kier alpha value is -3.92. The lowest BCUT2D eigenvalue weighted by molar-refractivity contribution is 0.146. The topological polar surface area (TPSA) is 104 Å². The fraction of sp³-hybridized carbons (Fsp3) is 0.304. The van der Waals surface area contributed by atoms with Gasteiger partial charge in [0.25, 0.3) is 5.56 Å². The monoisotopic (exact) mass is 447 g/mol. The molecule has 0 aliphatic rings. The molecule has 0 unspecified atom stereocenters. The van der Waals surface area contributed by atoms with Crippen molar-refractivity contribution in [2.24, 2.45) is 0 Å². The molecule has 33 heavy (non-hydrogen) atoms. The number of rotatable bonds is 9. The maximum Gasteiger partial charge on any atom is 0.280 e.